The number of benzene rings is 1. The van der Waals surface area contributed by atoms with Gasteiger partial charge in [0.1, 0.15) is 0 Å². The molecule has 22 heavy (non-hydrogen) atoms. The van der Waals surface area contributed by atoms with E-state index < -0.39 is 0 Å². The van der Waals surface area contributed by atoms with Crippen LogP contribution in [0, 0.1) is 12.3 Å². The number of fused-ring (bicyclic) bond motifs is 1. The number of aromatic nitrogens is 1. The first kappa shape index (κ1) is 14.4. The van der Waals surface area contributed by atoms with E-state index >= 15 is 0 Å². The first-order valence-electron chi connectivity index (χ1n) is 8.14. The number of nitrogens with one attached hydrogen (secondary N) is 1. The molecule has 0 aliphatic carbocycles. The number of para-hydroxylation sites is 1. The molecule has 3 nitrogen and oxygen atoms in total. The number of rotatable bonds is 2. The zero-order valence-electron chi connectivity index (χ0n) is 13.0. The third-order valence-electron chi connectivity index (χ3n) is 5.37. The van der Waals surface area contributed by atoms with Crippen LogP contribution in [0.15, 0.2) is 24.3 Å². The van der Waals surface area contributed by atoms with Gasteiger partial charge in [0, 0.05) is 25.0 Å². The molecule has 1 N–H and O–H groups in total. The van der Waals surface area contributed by atoms with Gasteiger partial charge < -0.3 is 5.32 Å². The molecular weight excluding hydrogens is 294 g/mol. The summed E-state index contributed by atoms with van der Waals surface area (Å²) < 4.78 is 0. The zero-order valence-corrected chi connectivity index (χ0v) is 13.8. The molecule has 0 radical (unpaired) electrons. The normalized spacial score (nSPS) is 25.5. The predicted octanol–water partition coefficient (Wildman–Crippen LogP) is 3.38. The summed E-state index contributed by atoms with van der Waals surface area (Å²) >= 11 is 6.60. The first-order chi connectivity index (χ1) is 10.7. The molecule has 1 atom stereocenters. The summed E-state index contributed by atoms with van der Waals surface area (Å²) in [7, 11) is 0. The van der Waals surface area contributed by atoms with Gasteiger partial charge in [0.15, 0.2) is 0 Å². The molecule has 4 rings (SSSR count). The van der Waals surface area contributed by atoms with Gasteiger partial charge in [-0.1, -0.05) is 29.8 Å². The fourth-order valence-electron chi connectivity index (χ4n) is 4.04. The highest BCUT2D eigenvalue weighted by atomic mass is 35.5. The minimum Gasteiger partial charge on any atom is -0.316 e. The fraction of sp³-hybridized carbons (Fsp3) is 0.500. The van der Waals surface area contributed by atoms with Crippen LogP contribution in [0.4, 0.5) is 0 Å². The van der Waals surface area contributed by atoms with Crippen LogP contribution in [-0.4, -0.2) is 36.1 Å². The summed E-state index contributed by atoms with van der Waals surface area (Å²) in [5.74, 6) is 0. The van der Waals surface area contributed by atoms with Crippen molar-refractivity contribution in [2.45, 2.75) is 26.3 Å². The van der Waals surface area contributed by atoms with Gasteiger partial charge in [0.25, 0.3) is 0 Å². The quantitative estimate of drug-likeness (QED) is 0.921. The highest BCUT2D eigenvalue weighted by molar-refractivity contribution is 6.32. The summed E-state index contributed by atoms with van der Waals surface area (Å²) in [6.45, 7) is 7.63. The minimum absolute atomic E-state index is 0.498. The van der Waals surface area contributed by atoms with Crippen LogP contribution >= 0.6 is 11.6 Å². The van der Waals surface area contributed by atoms with E-state index in [-0.39, 0.29) is 0 Å². The van der Waals surface area contributed by atoms with Crippen LogP contribution in [0.25, 0.3) is 10.9 Å². The van der Waals surface area contributed by atoms with E-state index in [4.69, 9.17) is 16.6 Å². The van der Waals surface area contributed by atoms with E-state index in [0.717, 1.165) is 40.3 Å². The average molecular weight is 316 g/mol. The first-order valence-corrected chi connectivity index (χ1v) is 8.52. The van der Waals surface area contributed by atoms with Gasteiger partial charge in [-0.15, -0.1) is 0 Å². The highest BCUT2D eigenvalue weighted by Crippen LogP contribution is 2.37. The maximum absolute atomic E-state index is 6.60. The van der Waals surface area contributed by atoms with E-state index in [0.29, 0.717) is 5.41 Å². The number of likely N-dealkylation sites (tertiary alicyclic amines) is 1. The molecular formula is C18H22ClN3. The second-order valence-electron chi connectivity index (χ2n) is 6.90. The second-order valence-corrected chi connectivity index (χ2v) is 7.28. The molecule has 0 amide bonds. The van der Waals surface area contributed by atoms with Crippen LogP contribution < -0.4 is 5.32 Å². The molecule has 3 heterocycles. The van der Waals surface area contributed by atoms with Crippen molar-refractivity contribution < 1.29 is 0 Å². The molecule has 1 unspecified atom stereocenters. The molecule has 2 aliphatic rings. The minimum atomic E-state index is 0.498. The smallest absolute Gasteiger partial charge is 0.0740 e. The maximum atomic E-state index is 6.60. The molecule has 4 heteroatoms. The summed E-state index contributed by atoms with van der Waals surface area (Å²) in [6, 6.07) is 8.27. The molecule has 1 aromatic heterocycles. The van der Waals surface area contributed by atoms with Crippen molar-refractivity contribution in [3.63, 3.8) is 0 Å². The van der Waals surface area contributed by atoms with Crippen molar-refractivity contribution in [3.8, 4) is 0 Å². The lowest BCUT2D eigenvalue weighted by atomic mass is 9.87. The Morgan fingerprint density at radius 1 is 1.32 bits per heavy atom. The third kappa shape index (κ3) is 2.41. The van der Waals surface area contributed by atoms with E-state index in [9.17, 15) is 0 Å². The van der Waals surface area contributed by atoms with Crippen molar-refractivity contribution in [2.24, 2.45) is 5.41 Å². The Balaban J connectivity index is 1.61. The van der Waals surface area contributed by atoms with E-state index in [1.54, 1.807) is 0 Å². The SMILES string of the molecule is Cc1c(Cl)c(CN2CCC3(CCNC3)C2)nc2ccccc12. The van der Waals surface area contributed by atoms with Gasteiger partial charge >= 0.3 is 0 Å². The summed E-state index contributed by atoms with van der Waals surface area (Å²) in [5, 5.41) is 5.51. The van der Waals surface area contributed by atoms with Crippen molar-refractivity contribution >= 4 is 22.5 Å². The fourth-order valence-corrected chi connectivity index (χ4v) is 4.24. The van der Waals surface area contributed by atoms with Gasteiger partial charge in [0.2, 0.25) is 0 Å². The Hall–Kier alpha value is -1.16. The molecule has 2 aliphatic heterocycles. The Morgan fingerprint density at radius 3 is 3.00 bits per heavy atom. The number of nitrogens with zero attached hydrogens (tertiary/aromatic N) is 2. The van der Waals surface area contributed by atoms with Crippen LogP contribution in [0.1, 0.15) is 24.1 Å². The van der Waals surface area contributed by atoms with Gasteiger partial charge in [-0.05, 0) is 49.9 Å². The largest absolute Gasteiger partial charge is 0.316 e. The Kier molecular flexibility index (Phi) is 3.60. The maximum Gasteiger partial charge on any atom is 0.0740 e. The molecule has 1 spiro atoms. The number of hydrogen-bond acceptors (Lipinski definition) is 3. The van der Waals surface area contributed by atoms with E-state index in [2.05, 4.69) is 29.3 Å². The molecule has 0 bridgehead atoms. The summed E-state index contributed by atoms with van der Waals surface area (Å²) in [4.78, 5) is 7.35. The molecule has 0 saturated carbocycles. The average Bonchev–Trinajstić information content (AvgIpc) is 3.15. The van der Waals surface area contributed by atoms with Crippen molar-refractivity contribution in [1.82, 2.24) is 15.2 Å². The number of pyridine rings is 1. The molecule has 1 aromatic carbocycles. The lowest BCUT2D eigenvalue weighted by molar-refractivity contribution is 0.266. The Morgan fingerprint density at radius 2 is 2.18 bits per heavy atom. The standard InChI is InChI=1S/C18H22ClN3/c1-13-14-4-2-3-5-15(14)21-16(17(13)19)10-22-9-7-18(12-22)6-8-20-11-18/h2-5,20H,6-12H2,1H3. The zero-order chi connectivity index (χ0) is 15.2. The highest BCUT2D eigenvalue weighted by Gasteiger charge is 2.40. The number of aryl methyl sites for hydroxylation is 1. The van der Waals surface area contributed by atoms with Crippen molar-refractivity contribution in [3.05, 3.63) is 40.5 Å². The summed E-state index contributed by atoms with van der Waals surface area (Å²) in [5.41, 5.74) is 3.73. The van der Waals surface area contributed by atoms with Crippen LogP contribution in [0.5, 0.6) is 0 Å². The van der Waals surface area contributed by atoms with E-state index in [1.807, 2.05) is 12.1 Å². The van der Waals surface area contributed by atoms with Crippen LogP contribution in [-0.2, 0) is 6.54 Å². The molecule has 2 saturated heterocycles. The van der Waals surface area contributed by atoms with Gasteiger partial charge in [-0.2, -0.15) is 0 Å². The molecule has 116 valence electrons. The molecule has 2 fully saturated rings. The second kappa shape index (κ2) is 5.48. The topological polar surface area (TPSA) is 28.2 Å². The van der Waals surface area contributed by atoms with E-state index in [1.165, 1.54) is 32.5 Å². The molecule has 2 aromatic rings. The number of hydrogen-bond donors (Lipinski definition) is 1. The van der Waals surface area contributed by atoms with Gasteiger partial charge in [0.05, 0.1) is 16.2 Å². The van der Waals surface area contributed by atoms with Crippen LogP contribution in [0.3, 0.4) is 0 Å². The lowest BCUT2D eigenvalue weighted by Crippen LogP contribution is -2.29. The lowest BCUT2D eigenvalue weighted by Gasteiger charge is -2.23. The third-order valence-corrected chi connectivity index (χ3v) is 5.87. The van der Waals surface area contributed by atoms with Gasteiger partial charge in [-0.25, -0.2) is 4.98 Å². The van der Waals surface area contributed by atoms with Crippen molar-refractivity contribution in [1.29, 1.82) is 0 Å². The van der Waals surface area contributed by atoms with Crippen LogP contribution in [0.2, 0.25) is 5.02 Å². The Bertz CT molecular complexity index is 707. The monoisotopic (exact) mass is 315 g/mol. The Labute approximate surface area is 136 Å². The van der Waals surface area contributed by atoms with Gasteiger partial charge in [-0.3, -0.25) is 4.90 Å². The summed E-state index contributed by atoms with van der Waals surface area (Å²) in [6.07, 6.45) is 2.60. The van der Waals surface area contributed by atoms with Crippen molar-refractivity contribution in [2.75, 3.05) is 26.2 Å². The number of halogens is 1. The predicted molar refractivity (Wildman–Crippen MR) is 91.3 cm³/mol.